The molecule has 0 saturated heterocycles. The van der Waals surface area contributed by atoms with E-state index in [-0.39, 0.29) is 16.8 Å². The van der Waals surface area contributed by atoms with E-state index in [0.29, 0.717) is 0 Å². The molecule has 0 aliphatic heterocycles. The van der Waals surface area contributed by atoms with Gasteiger partial charge >= 0.3 is 0 Å². The van der Waals surface area contributed by atoms with Gasteiger partial charge in [0, 0.05) is 10.5 Å². The number of Topliss-reactive ketones (excluding diaryl/α,β-unsaturated/α-hetero) is 1. The second-order valence-corrected chi connectivity index (χ2v) is 5.40. The normalized spacial score (nSPS) is 12.1. The predicted octanol–water partition coefficient (Wildman–Crippen LogP) is 3.76. The van der Waals surface area contributed by atoms with Gasteiger partial charge in [-0.05, 0) is 31.2 Å². The fourth-order valence-electron chi connectivity index (χ4n) is 1.62. The number of rotatable bonds is 4. The predicted molar refractivity (Wildman–Crippen MR) is 74.2 cm³/mol. The monoisotopic (exact) mass is 258 g/mol. The van der Waals surface area contributed by atoms with Crippen LogP contribution in [-0.4, -0.2) is 16.1 Å². The van der Waals surface area contributed by atoms with Crippen molar-refractivity contribution in [3.63, 3.8) is 0 Å². The molecule has 2 rings (SSSR count). The first-order valence-corrected chi connectivity index (χ1v) is 6.60. The van der Waals surface area contributed by atoms with Crippen molar-refractivity contribution in [2.45, 2.75) is 17.1 Å². The quantitative estimate of drug-likeness (QED) is 0.670. The maximum atomic E-state index is 12.1. The number of ketones is 1. The van der Waals surface area contributed by atoms with Crippen molar-refractivity contribution >= 4 is 17.5 Å². The van der Waals surface area contributed by atoms with Crippen molar-refractivity contribution in [3.8, 4) is 5.75 Å². The van der Waals surface area contributed by atoms with Crippen LogP contribution < -0.4 is 0 Å². The third kappa shape index (κ3) is 3.14. The van der Waals surface area contributed by atoms with E-state index in [1.807, 2.05) is 49.4 Å². The van der Waals surface area contributed by atoms with Crippen LogP contribution >= 0.6 is 11.8 Å². The van der Waals surface area contributed by atoms with E-state index < -0.39 is 0 Å². The summed E-state index contributed by atoms with van der Waals surface area (Å²) in [5.74, 6) is 0.357. The molecular formula is C15H14O2S. The lowest BCUT2D eigenvalue weighted by Gasteiger charge is -2.10. The van der Waals surface area contributed by atoms with Crippen molar-refractivity contribution in [2.24, 2.45) is 0 Å². The molecule has 92 valence electrons. The lowest BCUT2D eigenvalue weighted by atomic mass is 10.1. The molecule has 1 N–H and O–H groups in total. The fraction of sp³-hybridized carbons (Fsp3) is 0.133. The van der Waals surface area contributed by atoms with Gasteiger partial charge in [0.25, 0.3) is 0 Å². The van der Waals surface area contributed by atoms with E-state index in [1.54, 1.807) is 12.1 Å². The molecule has 0 spiro atoms. The minimum atomic E-state index is -0.142. The van der Waals surface area contributed by atoms with Gasteiger partial charge in [-0.1, -0.05) is 30.3 Å². The Morgan fingerprint density at radius 2 is 1.67 bits per heavy atom. The summed E-state index contributed by atoms with van der Waals surface area (Å²) in [5.41, 5.74) is 0.733. The molecule has 0 aliphatic carbocycles. The van der Waals surface area contributed by atoms with E-state index in [0.717, 1.165) is 10.5 Å². The summed E-state index contributed by atoms with van der Waals surface area (Å²) in [6.07, 6.45) is 0. The van der Waals surface area contributed by atoms with Gasteiger partial charge in [0.1, 0.15) is 5.75 Å². The summed E-state index contributed by atoms with van der Waals surface area (Å²) >= 11 is 1.49. The fourth-order valence-corrected chi connectivity index (χ4v) is 2.56. The van der Waals surface area contributed by atoms with Crippen molar-refractivity contribution in [3.05, 3.63) is 60.2 Å². The Morgan fingerprint density at radius 1 is 1.06 bits per heavy atom. The highest BCUT2D eigenvalue weighted by Crippen LogP contribution is 2.26. The highest BCUT2D eigenvalue weighted by atomic mass is 32.2. The number of phenols is 1. The summed E-state index contributed by atoms with van der Waals surface area (Å²) in [6, 6.07) is 16.2. The van der Waals surface area contributed by atoms with Crippen LogP contribution in [-0.2, 0) is 0 Å². The average Bonchev–Trinajstić information content (AvgIpc) is 2.41. The van der Waals surface area contributed by atoms with E-state index in [4.69, 9.17) is 0 Å². The number of aromatic hydroxyl groups is 1. The molecule has 2 aromatic carbocycles. The average molecular weight is 258 g/mol. The molecular weight excluding hydrogens is 244 g/mol. The van der Waals surface area contributed by atoms with Gasteiger partial charge < -0.3 is 5.11 Å². The minimum absolute atomic E-state index is 0.119. The summed E-state index contributed by atoms with van der Waals surface area (Å²) in [5, 5.41) is 9.06. The zero-order chi connectivity index (χ0) is 13.0. The third-order valence-electron chi connectivity index (χ3n) is 2.58. The molecule has 0 amide bonds. The number of hydrogen-bond donors (Lipinski definition) is 1. The Morgan fingerprint density at radius 3 is 2.28 bits per heavy atom. The van der Waals surface area contributed by atoms with Crippen LogP contribution in [0.2, 0.25) is 0 Å². The zero-order valence-corrected chi connectivity index (χ0v) is 10.9. The number of thioether (sulfide) groups is 1. The number of hydrogen-bond acceptors (Lipinski definition) is 3. The molecule has 0 fully saturated rings. The zero-order valence-electron chi connectivity index (χ0n) is 10.0. The van der Waals surface area contributed by atoms with Gasteiger partial charge in [0.15, 0.2) is 5.78 Å². The molecule has 0 heterocycles. The van der Waals surface area contributed by atoms with Crippen molar-refractivity contribution < 1.29 is 9.90 Å². The number of carbonyl (C=O) groups excluding carboxylic acids is 1. The second-order valence-electron chi connectivity index (χ2n) is 3.98. The maximum absolute atomic E-state index is 12.1. The SMILES string of the molecule is CC(Sc1ccc(O)cc1)C(=O)c1ccccc1. The molecule has 2 aromatic rings. The van der Waals surface area contributed by atoms with E-state index in [1.165, 1.54) is 11.8 Å². The Hall–Kier alpha value is -1.74. The Kier molecular flexibility index (Phi) is 4.05. The van der Waals surface area contributed by atoms with Gasteiger partial charge in [-0.2, -0.15) is 0 Å². The van der Waals surface area contributed by atoms with Crippen molar-refractivity contribution in [1.29, 1.82) is 0 Å². The van der Waals surface area contributed by atoms with Crippen LogP contribution in [0.3, 0.4) is 0 Å². The number of carbonyl (C=O) groups is 1. The summed E-state index contributed by atoms with van der Waals surface area (Å²) in [6.45, 7) is 1.90. The summed E-state index contributed by atoms with van der Waals surface area (Å²) in [4.78, 5) is 13.1. The molecule has 0 aliphatic rings. The summed E-state index contributed by atoms with van der Waals surface area (Å²) < 4.78 is 0. The van der Waals surface area contributed by atoms with Crippen molar-refractivity contribution in [2.75, 3.05) is 0 Å². The van der Waals surface area contributed by atoms with Gasteiger partial charge in [-0.15, -0.1) is 11.8 Å². The van der Waals surface area contributed by atoms with Crippen LogP contribution in [0.25, 0.3) is 0 Å². The number of phenolic OH excluding ortho intramolecular Hbond substituents is 1. The maximum Gasteiger partial charge on any atom is 0.175 e. The van der Waals surface area contributed by atoms with Crippen LogP contribution in [0.4, 0.5) is 0 Å². The highest BCUT2D eigenvalue weighted by molar-refractivity contribution is 8.00. The molecule has 3 heteroatoms. The Balaban J connectivity index is 2.06. The molecule has 0 saturated carbocycles. The van der Waals surface area contributed by atoms with Crippen LogP contribution in [0.15, 0.2) is 59.5 Å². The molecule has 0 aromatic heterocycles. The highest BCUT2D eigenvalue weighted by Gasteiger charge is 2.15. The lowest BCUT2D eigenvalue weighted by Crippen LogP contribution is -2.13. The first-order valence-electron chi connectivity index (χ1n) is 5.72. The van der Waals surface area contributed by atoms with Gasteiger partial charge in [-0.25, -0.2) is 0 Å². The Bertz CT molecular complexity index is 520. The molecule has 1 atom stereocenters. The van der Waals surface area contributed by atoms with E-state index in [2.05, 4.69) is 0 Å². The first-order chi connectivity index (χ1) is 8.66. The molecule has 18 heavy (non-hydrogen) atoms. The van der Waals surface area contributed by atoms with Gasteiger partial charge in [0.05, 0.1) is 5.25 Å². The third-order valence-corrected chi connectivity index (χ3v) is 3.69. The van der Waals surface area contributed by atoms with Crippen LogP contribution in [0.1, 0.15) is 17.3 Å². The van der Waals surface area contributed by atoms with E-state index in [9.17, 15) is 9.90 Å². The second kappa shape index (κ2) is 5.74. The minimum Gasteiger partial charge on any atom is -0.508 e. The van der Waals surface area contributed by atoms with Crippen LogP contribution in [0.5, 0.6) is 5.75 Å². The largest absolute Gasteiger partial charge is 0.508 e. The molecule has 1 unspecified atom stereocenters. The molecule has 2 nitrogen and oxygen atoms in total. The molecule has 0 radical (unpaired) electrons. The smallest absolute Gasteiger partial charge is 0.175 e. The van der Waals surface area contributed by atoms with Gasteiger partial charge in [-0.3, -0.25) is 4.79 Å². The van der Waals surface area contributed by atoms with Gasteiger partial charge in [0.2, 0.25) is 0 Å². The van der Waals surface area contributed by atoms with Crippen LogP contribution in [0, 0.1) is 0 Å². The first kappa shape index (κ1) is 12.7. The molecule has 0 bridgehead atoms. The van der Waals surface area contributed by atoms with Crippen molar-refractivity contribution in [1.82, 2.24) is 0 Å². The topological polar surface area (TPSA) is 37.3 Å². The Labute approximate surface area is 111 Å². The summed E-state index contributed by atoms with van der Waals surface area (Å²) in [7, 11) is 0. The lowest BCUT2D eigenvalue weighted by molar-refractivity contribution is 0.0994. The van der Waals surface area contributed by atoms with E-state index >= 15 is 0 Å². The standard InChI is InChI=1S/C15H14O2S/c1-11(15(17)12-5-3-2-4-6-12)18-14-9-7-13(16)8-10-14/h2-11,16H,1H3. The number of benzene rings is 2.